The molecule has 1 aromatic carbocycles. The number of nitrogens with two attached hydrogens (primary N) is 1. The zero-order valence-corrected chi connectivity index (χ0v) is 6.83. The molecule has 0 fully saturated rings. The number of rotatable bonds is 3. The molecule has 0 aliphatic rings. The summed E-state index contributed by atoms with van der Waals surface area (Å²) < 4.78 is 0. The molecular weight excluding hydrogens is 154 g/mol. The van der Waals surface area contributed by atoms with E-state index in [9.17, 15) is 5.11 Å². The van der Waals surface area contributed by atoms with Crippen molar-refractivity contribution in [3.05, 3.63) is 23.8 Å². The third-order valence-electron chi connectivity index (χ3n) is 1.72. The van der Waals surface area contributed by atoms with E-state index in [-0.39, 0.29) is 11.5 Å². The second-order valence-corrected chi connectivity index (χ2v) is 2.71. The third-order valence-corrected chi connectivity index (χ3v) is 1.72. The largest absolute Gasteiger partial charge is 0.508 e. The van der Waals surface area contributed by atoms with Crippen molar-refractivity contribution in [2.75, 3.05) is 6.54 Å². The molecule has 0 amide bonds. The Morgan fingerprint density at radius 1 is 1.25 bits per heavy atom. The van der Waals surface area contributed by atoms with Crippen molar-refractivity contribution in [3.8, 4) is 11.5 Å². The molecule has 3 heteroatoms. The quantitative estimate of drug-likeness (QED) is 0.629. The van der Waals surface area contributed by atoms with Gasteiger partial charge < -0.3 is 15.9 Å². The number of hydrogen-bond acceptors (Lipinski definition) is 3. The van der Waals surface area contributed by atoms with Crippen LogP contribution in [0.4, 0.5) is 0 Å². The number of benzene rings is 1. The molecule has 0 saturated carbocycles. The van der Waals surface area contributed by atoms with Crippen LogP contribution < -0.4 is 5.73 Å². The molecule has 0 aliphatic carbocycles. The number of phenols is 2. The Morgan fingerprint density at radius 3 is 2.58 bits per heavy atom. The lowest BCUT2D eigenvalue weighted by Gasteiger charge is -2.03. The van der Waals surface area contributed by atoms with Gasteiger partial charge in [-0.25, -0.2) is 0 Å². The lowest BCUT2D eigenvalue weighted by atomic mass is 10.1. The lowest BCUT2D eigenvalue weighted by Crippen LogP contribution is -2.00. The predicted molar refractivity (Wildman–Crippen MR) is 47.1 cm³/mol. The van der Waals surface area contributed by atoms with Gasteiger partial charge in [0.15, 0.2) is 0 Å². The van der Waals surface area contributed by atoms with Crippen molar-refractivity contribution in [2.45, 2.75) is 12.8 Å². The molecule has 0 spiro atoms. The molecule has 0 radical (unpaired) electrons. The minimum absolute atomic E-state index is 0.0870. The van der Waals surface area contributed by atoms with Crippen molar-refractivity contribution in [2.24, 2.45) is 5.73 Å². The first-order valence-corrected chi connectivity index (χ1v) is 3.95. The molecule has 12 heavy (non-hydrogen) atoms. The summed E-state index contributed by atoms with van der Waals surface area (Å²) in [6.45, 7) is 0.611. The van der Waals surface area contributed by atoms with E-state index in [1.165, 1.54) is 6.07 Å². The number of phenolic OH excluding ortho intramolecular Hbond substituents is 2. The maximum Gasteiger partial charge on any atom is 0.122 e. The summed E-state index contributed by atoms with van der Waals surface area (Å²) in [6.07, 6.45) is 1.60. The highest BCUT2D eigenvalue weighted by atomic mass is 16.3. The first-order valence-electron chi connectivity index (χ1n) is 3.95. The number of hydrogen-bond donors (Lipinski definition) is 3. The Balaban J connectivity index is 2.72. The number of aryl methyl sites for hydroxylation is 1. The van der Waals surface area contributed by atoms with Gasteiger partial charge in [-0.05, 0) is 31.0 Å². The van der Waals surface area contributed by atoms with E-state index in [0.29, 0.717) is 6.54 Å². The van der Waals surface area contributed by atoms with Crippen LogP contribution in [0.2, 0.25) is 0 Å². The van der Waals surface area contributed by atoms with Gasteiger partial charge in [0.1, 0.15) is 11.5 Å². The third kappa shape index (κ3) is 2.13. The van der Waals surface area contributed by atoms with Crippen LogP contribution in [0.15, 0.2) is 18.2 Å². The monoisotopic (exact) mass is 167 g/mol. The molecule has 1 rings (SSSR count). The van der Waals surface area contributed by atoms with Gasteiger partial charge in [-0.2, -0.15) is 0 Å². The summed E-state index contributed by atoms with van der Waals surface area (Å²) in [5.41, 5.74) is 6.16. The summed E-state index contributed by atoms with van der Waals surface area (Å²) in [5.74, 6) is 0.229. The van der Waals surface area contributed by atoms with Crippen molar-refractivity contribution in [1.29, 1.82) is 0 Å². The van der Waals surface area contributed by atoms with Crippen molar-refractivity contribution < 1.29 is 10.2 Å². The Labute approximate surface area is 71.5 Å². The molecule has 66 valence electrons. The molecule has 0 bridgehead atoms. The lowest BCUT2D eigenvalue weighted by molar-refractivity contribution is 0.445. The maximum absolute atomic E-state index is 9.32. The SMILES string of the molecule is NCCCc1ccc(O)cc1O. The first-order chi connectivity index (χ1) is 5.74. The molecule has 4 N–H and O–H groups in total. The van der Waals surface area contributed by atoms with Gasteiger partial charge in [0.05, 0.1) is 0 Å². The number of aromatic hydroxyl groups is 2. The fourth-order valence-electron chi connectivity index (χ4n) is 1.06. The molecule has 1 aromatic rings. The standard InChI is InChI=1S/C9H13NO2/c10-5-1-2-7-3-4-8(11)6-9(7)12/h3-4,6,11-12H,1-2,5,10H2. The second-order valence-electron chi connectivity index (χ2n) is 2.71. The van der Waals surface area contributed by atoms with Crippen LogP contribution in [0.1, 0.15) is 12.0 Å². The van der Waals surface area contributed by atoms with Gasteiger partial charge in [-0.3, -0.25) is 0 Å². The average molecular weight is 167 g/mol. The molecule has 0 atom stereocenters. The molecule has 0 aromatic heterocycles. The zero-order chi connectivity index (χ0) is 8.97. The summed E-state index contributed by atoms with van der Waals surface area (Å²) in [5, 5.41) is 18.3. The molecule has 0 heterocycles. The highest BCUT2D eigenvalue weighted by Gasteiger charge is 2.00. The summed E-state index contributed by atoms with van der Waals surface area (Å²) >= 11 is 0. The van der Waals surface area contributed by atoms with Crippen LogP contribution in [-0.4, -0.2) is 16.8 Å². The molecule has 0 saturated heterocycles. The van der Waals surface area contributed by atoms with Crippen LogP contribution in [0.5, 0.6) is 11.5 Å². The van der Waals surface area contributed by atoms with E-state index in [1.807, 2.05) is 0 Å². The van der Waals surface area contributed by atoms with Gasteiger partial charge in [0, 0.05) is 6.07 Å². The zero-order valence-electron chi connectivity index (χ0n) is 6.83. The smallest absolute Gasteiger partial charge is 0.122 e. The first kappa shape index (κ1) is 8.87. The maximum atomic E-state index is 9.32. The Hall–Kier alpha value is -1.22. The highest BCUT2D eigenvalue weighted by molar-refractivity contribution is 5.38. The molecule has 0 aliphatic heterocycles. The van der Waals surface area contributed by atoms with Crippen LogP contribution >= 0.6 is 0 Å². The highest BCUT2D eigenvalue weighted by Crippen LogP contribution is 2.23. The van der Waals surface area contributed by atoms with E-state index < -0.39 is 0 Å². The van der Waals surface area contributed by atoms with Gasteiger partial charge in [-0.15, -0.1) is 0 Å². The minimum atomic E-state index is 0.0870. The van der Waals surface area contributed by atoms with Gasteiger partial charge >= 0.3 is 0 Å². The average Bonchev–Trinajstić information content (AvgIpc) is 2.03. The van der Waals surface area contributed by atoms with Crippen LogP contribution in [-0.2, 0) is 6.42 Å². The van der Waals surface area contributed by atoms with Gasteiger partial charge in [-0.1, -0.05) is 6.07 Å². The Morgan fingerprint density at radius 2 is 2.00 bits per heavy atom. The fraction of sp³-hybridized carbons (Fsp3) is 0.333. The predicted octanol–water partition coefficient (Wildman–Crippen LogP) is 0.989. The Bertz CT molecular complexity index is 261. The van der Waals surface area contributed by atoms with Crippen LogP contribution in [0.3, 0.4) is 0 Å². The van der Waals surface area contributed by atoms with Crippen LogP contribution in [0, 0.1) is 0 Å². The van der Waals surface area contributed by atoms with E-state index in [0.717, 1.165) is 18.4 Å². The topological polar surface area (TPSA) is 66.5 Å². The fourth-order valence-corrected chi connectivity index (χ4v) is 1.06. The van der Waals surface area contributed by atoms with E-state index in [1.54, 1.807) is 12.1 Å². The van der Waals surface area contributed by atoms with Gasteiger partial charge in [0.25, 0.3) is 0 Å². The Kier molecular flexibility index (Phi) is 2.94. The molecule has 3 nitrogen and oxygen atoms in total. The summed E-state index contributed by atoms with van der Waals surface area (Å²) in [4.78, 5) is 0. The normalized spacial score (nSPS) is 10.1. The second kappa shape index (κ2) is 3.97. The van der Waals surface area contributed by atoms with Crippen molar-refractivity contribution in [3.63, 3.8) is 0 Å². The van der Waals surface area contributed by atoms with Gasteiger partial charge in [0.2, 0.25) is 0 Å². The van der Waals surface area contributed by atoms with Crippen molar-refractivity contribution in [1.82, 2.24) is 0 Å². The van der Waals surface area contributed by atoms with E-state index in [4.69, 9.17) is 10.8 Å². The minimum Gasteiger partial charge on any atom is -0.508 e. The molecular formula is C9H13NO2. The summed E-state index contributed by atoms with van der Waals surface area (Å²) in [6, 6.07) is 4.61. The van der Waals surface area contributed by atoms with E-state index >= 15 is 0 Å². The van der Waals surface area contributed by atoms with Crippen molar-refractivity contribution >= 4 is 0 Å². The molecule has 0 unspecified atom stereocenters. The van der Waals surface area contributed by atoms with E-state index in [2.05, 4.69) is 0 Å². The summed E-state index contributed by atoms with van der Waals surface area (Å²) in [7, 11) is 0. The van der Waals surface area contributed by atoms with Crippen LogP contribution in [0.25, 0.3) is 0 Å².